The molecule has 2 aliphatic rings. The van der Waals surface area contributed by atoms with Gasteiger partial charge in [-0.25, -0.2) is 5.01 Å². The van der Waals surface area contributed by atoms with Crippen molar-refractivity contribution in [1.82, 2.24) is 5.01 Å². The van der Waals surface area contributed by atoms with E-state index in [4.69, 9.17) is 9.84 Å². The molecule has 2 unspecified atom stereocenters. The van der Waals surface area contributed by atoms with Gasteiger partial charge in [0, 0.05) is 26.5 Å². The molecule has 2 heterocycles. The van der Waals surface area contributed by atoms with E-state index in [0.717, 1.165) is 37.1 Å². The van der Waals surface area contributed by atoms with Gasteiger partial charge in [-0.2, -0.15) is 5.10 Å². The molecule has 0 radical (unpaired) electrons. The minimum Gasteiger partial charge on any atom is -0.461 e. The Hall–Kier alpha value is -2.44. The zero-order valence-corrected chi connectivity index (χ0v) is 19.4. The van der Waals surface area contributed by atoms with E-state index < -0.39 is 6.23 Å². The predicted octanol–water partition coefficient (Wildman–Crippen LogP) is 6.27. The molecule has 0 N–H and O–H groups in total. The van der Waals surface area contributed by atoms with Crippen LogP contribution in [0.2, 0.25) is 0 Å². The van der Waals surface area contributed by atoms with Gasteiger partial charge in [-0.3, -0.25) is 4.79 Å². The highest BCUT2D eigenvalue weighted by Crippen LogP contribution is 2.44. The molecule has 0 aliphatic carbocycles. The zero-order chi connectivity index (χ0) is 20.8. The van der Waals surface area contributed by atoms with Crippen LogP contribution in [-0.2, 0) is 0 Å². The number of nitrogens with zero attached hydrogens (tertiary/aromatic N) is 2. The van der Waals surface area contributed by atoms with Gasteiger partial charge in [-0.05, 0) is 42.8 Å². The van der Waals surface area contributed by atoms with Gasteiger partial charge in [0.1, 0.15) is 5.75 Å². The van der Waals surface area contributed by atoms with Crippen molar-refractivity contribution in [3.8, 4) is 5.75 Å². The number of aryl methyl sites for hydroxylation is 1. The van der Waals surface area contributed by atoms with Crippen LogP contribution in [0.4, 0.5) is 0 Å². The van der Waals surface area contributed by atoms with Gasteiger partial charge in [0.05, 0.1) is 11.8 Å². The van der Waals surface area contributed by atoms with Gasteiger partial charge in [0.2, 0.25) is 5.78 Å². The van der Waals surface area contributed by atoms with Crippen LogP contribution in [0.1, 0.15) is 39.5 Å². The molecule has 3 aromatic carbocycles. The van der Waals surface area contributed by atoms with Crippen LogP contribution < -0.4 is 4.74 Å². The molecule has 150 valence electrons. The highest BCUT2D eigenvalue weighted by Gasteiger charge is 2.43. The smallest absolute Gasteiger partial charge is 0.251 e. The molecule has 2 aliphatic heterocycles. The van der Waals surface area contributed by atoms with Crippen LogP contribution in [0.25, 0.3) is 0 Å². The number of hydrogen-bond acceptors (Lipinski definition) is 4. The summed E-state index contributed by atoms with van der Waals surface area (Å²) < 4.78 is 8.19. The standard InChI is InChI=1S/C24H18Br2N2O2/c1-14-2-4-16(5-3-14)23(29)24-28-21(19-12-18(26)10-11-22(19)30-24)13-20(27-28)15-6-8-17(25)9-7-15/h2-12,21,24H,13H2,1H3. The summed E-state index contributed by atoms with van der Waals surface area (Å²) in [4.78, 5) is 13.4. The monoisotopic (exact) mass is 524 g/mol. The molecular weight excluding hydrogens is 508 g/mol. The number of hydrazone groups is 1. The third-order valence-electron chi connectivity index (χ3n) is 5.49. The third-order valence-corrected chi connectivity index (χ3v) is 6.51. The fourth-order valence-electron chi connectivity index (χ4n) is 3.91. The Bertz CT molecular complexity index is 1160. The summed E-state index contributed by atoms with van der Waals surface area (Å²) in [6, 6.07) is 21.5. The highest BCUT2D eigenvalue weighted by molar-refractivity contribution is 9.10. The first-order chi connectivity index (χ1) is 14.5. The van der Waals surface area contributed by atoms with E-state index in [1.54, 1.807) is 0 Å². The molecule has 4 nitrogen and oxygen atoms in total. The van der Waals surface area contributed by atoms with E-state index in [1.807, 2.05) is 72.6 Å². The molecule has 30 heavy (non-hydrogen) atoms. The molecule has 5 rings (SSSR count). The number of benzene rings is 3. The molecule has 0 amide bonds. The number of Topliss-reactive ketones (excluding diaryl/α,β-unsaturated/α-hetero) is 1. The quantitative estimate of drug-likeness (QED) is 0.378. The molecule has 0 spiro atoms. The van der Waals surface area contributed by atoms with Crippen molar-refractivity contribution in [2.75, 3.05) is 0 Å². The SMILES string of the molecule is Cc1ccc(C(=O)C2Oc3ccc(Br)cc3C3CC(c4ccc(Br)cc4)=NN23)cc1. The van der Waals surface area contributed by atoms with Crippen LogP contribution in [0.3, 0.4) is 0 Å². The number of ether oxygens (including phenoxy) is 1. The first-order valence-electron chi connectivity index (χ1n) is 9.68. The van der Waals surface area contributed by atoms with Gasteiger partial charge in [0.15, 0.2) is 0 Å². The Morgan fingerprint density at radius 3 is 2.43 bits per heavy atom. The summed E-state index contributed by atoms with van der Waals surface area (Å²) in [5.74, 6) is 0.645. The molecule has 0 saturated carbocycles. The largest absolute Gasteiger partial charge is 0.461 e. The molecule has 3 aromatic rings. The molecule has 0 saturated heterocycles. The van der Waals surface area contributed by atoms with Gasteiger partial charge in [-0.15, -0.1) is 0 Å². The van der Waals surface area contributed by atoms with E-state index in [9.17, 15) is 4.79 Å². The van der Waals surface area contributed by atoms with E-state index in [-0.39, 0.29) is 11.8 Å². The summed E-state index contributed by atoms with van der Waals surface area (Å²) in [5.41, 5.74) is 4.77. The van der Waals surface area contributed by atoms with Crippen molar-refractivity contribution in [2.24, 2.45) is 5.10 Å². The number of carbonyl (C=O) groups excluding carboxylic acids is 1. The molecule has 0 bridgehead atoms. The van der Waals surface area contributed by atoms with Gasteiger partial charge in [0.25, 0.3) is 6.23 Å². The van der Waals surface area contributed by atoms with Crippen molar-refractivity contribution in [3.05, 3.63) is 97.9 Å². The van der Waals surface area contributed by atoms with Crippen LogP contribution in [0.15, 0.2) is 80.8 Å². The maximum absolute atomic E-state index is 13.4. The zero-order valence-electron chi connectivity index (χ0n) is 16.2. The first-order valence-corrected chi connectivity index (χ1v) is 11.3. The lowest BCUT2D eigenvalue weighted by Gasteiger charge is -2.37. The van der Waals surface area contributed by atoms with Crippen LogP contribution in [0, 0.1) is 6.92 Å². The second kappa shape index (κ2) is 7.67. The number of carbonyl (C=O) groups is 1. The lowest BCUT2D eigenvalue weighted by Crippen LogP contribution is -2.45. The number of ketones is 1. The summed E-state index contributed by atoms with van der Waals surface area (Å²) in [6.45, 7) is 2.00. The Morgan fingerprint density at radius 1 is 1.00 bits per heavy atom. The molecule has 0 aromatic heterocycles. The second-order valence-corrected chi connectivity index (χ2v) is 9.37. The minimum absolute atomic E-state index is 0.0516. The summed E-state index contributed by atoms with van der Waals surface area (Å²) >= 11 is 7.04. The first kappa shape index (κ1) is 19.5. The second-order valence-electron chi connectivity index (χ2n) is 7.54. The number of hydrogen-bond donors (Lipinski definition) is 0. The molecule has 2 atom stereocenters. The van der Waals surface area contributed by atoms with Crippen LogP contribution in [0.5, 0.6) is 5.75 Å². The van der Waals surface area contributed by atoms with Crippen molar-refractivity contribution in [1.29, 1.82) is 0 Å². The molecule has 0 fully saturated rings. The average molecular weight is 526 g/mol. The Morgan fingerprint density at radius 2 is 1.70 bits per heavy atom. The lowest BCUT2D eigenvalue weighted by atomic mass is 9.95. The van der Waals surface area contributed by atoms with Crippen LogP contribution in [-0.4, -0.2) is 22.7 Å². The van der Waals surface area contributed by atoms with E-state index >= 15 is 0 Å². The van der Waals surface area contributed by atoms with Crippen molar-refractivity contribution < 1.29 is 9.53 Å². The Labute approximate surface area is 191 Å². The number of fused-ring (bicyclic) bond motifs is 3. The van der Waals surface area contributed by atoms with E-state index in [0.29, 0.717) is 12.0 Å². The normalized spacial score (nSPS) is 19.6. The maximum Gasteiger partial charge on any atom is 0.251 e. The third kappa shape index (κ3) is 3.48. The van der Waals surface area contributed by atoms with E-state index in [1.165, 1.54) is 0 Å². The van der Waals surface area contributed by atoms with Gasteiger partial charge in [-0.1, -0.05) is 73.8 Å². The predicted molar refractivity (Wildman–Crippen MR) is 124 cm³/mol. The maximum atomic E-state index is 13.4. The minimum atomic E-state index is -0.792. The highest BCUT2D eigenvalue weighted by atomic mass is 79.9. The fraction of sp³-hybridized carbons (Fsp3) is 0.167. The summed E-state index contributed by atoms with van der Waals surface area (Å²) in [6.07, 6.45) is -0.0779. The summed E-state index contributed by atoms with van der Waals surface area (Å²) in [5, 5.41) is 6.69. The molecular formula is C24H18Br2N2O2. The number of halogens is 2. The Kier molecular flexibility index (Phi) is 4.99. The van der Waals surface area contributed by atoms with Crippen molar-refractivity contribution in [2.45, 2.75) is 25.6 Å². The van der Waals surface area contributed by atoms with Crippen LogP contribution >= 0.6 is 31.9 Å². The van der Waals surface area contributed by atoms with Gasteiger partial charge < -0.3 is 4.74 Å². The number of rotatable bonds is 3. The lowest BCUT2D eigenvalue weighted by molar-refractivity contribution is -0.00459. The fourth-order valence-corrected chi connectivity index (χ4v) is 4.55. The van der Waals surface area contributed by atoms with Gasteiger partial charge >= 0.3 is 0 Å². The molecule has 6 heteroatoms. The Balaban J connectivity index is 1.57. The van der Waals surface area contributed by atoms with Crippen molar-refractivity contribution >= 4 is 43.4 Å². The topological polar surface area (TPSA) is 41.9 Å². The average Bonchev–Trinajstić information content (AvgIpc) is 3.19. The summed E-state index contributed by atoms with van der Waals surface area (Å²) in [7, 11) is 0. The van der Waals surface area contributed by atoms with E-state index in [2.05, 4.69) is 37.9 Å². The van der Waals surface area contributed by atoms with Crippen molar-refractivity contribution in [3.63, 3.8) is 0 Å².